The van der Waals surface area contributed by atoms with Gasteiger partial charge >= 0.3 is 6.03 Å². The lowest BCUT2D eigenvalue weighted by molar-refractivity contribution is 0.180. The molecule has 1 aliphatic carbocycles. The zero-order chi connectivity index (χ0) is 15.6. The molecule has 2 aliphatic heterocycles. The van der Waals surface area contributed by atoms with Gasteiger partial charge in [0.1, 0.15) is 0 Å². The highest BCUT2D eigenvalue weighted by atomic mass is 16.2. The van der Waals surface area contributed by atoms with Gasteiger partial charge in [0.05, 0.1) is 0 Å². The normalized spacial score (nSPS) is 26.6. The van der Waals surface area contributed by atoms with Crippen molar-refractivity contribution >= 4 is 11.7 Å². The molecule has 2 bridgehead atoms. The van der Waals surface area contributed by atoms with Crippen molar-refractivity contribution in [1.82, 2.24) is 10.2 Å². The lowest BCUT2D eigenvalue weighted by atomic mass is 10.1. The minimum Gasteiger partial charge on any atom is -0.371 e. The van der Waals surface area contributed by atoms with Crippen molar-refractivity contribution in [2.45, 2.75) is 51.1 Å². The number of hydrogen-bond acceptors (Lipinski definition) is 2. The van der Waals surface area contributed by atoms with E-state index >= 15 is 0 Å². The van der Waals surface area contributed by atoms with Crippen LogP contribution >= 0.6 is 0 Å². The van der Waals surface area contributed by atoms with E-state index in [2.05, 4.69) is 39.4 Å². The topological polar surface area (TPSA) is 35.6 Å². The number of benzene rings is 1. The molecule has 1 saturated carbocycles. The molecule has 2 unspecified atom stereocenters. The number of carbonyl (C=O) groups excluding carboxylic acids is 1. The van der Waals surface area contributed by atoms with Crippen molar-refractivity contribution < 1.29 is 4.79 Å². The van der Waals surface area contributed by atoms with E-state index in [1.165, 1.54) is 49.8 Å². The van der Waals surface area contributed by atoms with Crippen LogP contribution in [0.1, 0.15) is 44.1 Å². The van der Waals surface area contributed by atoms with E-state index in [4.69, 9.17) is 0 Å². The number of amides is 2. The average Bonchev–Trinajstić information content (AvgIpc) is 3.24. The Morgan fingerprint density at radius 1 is 1.13 bits per heavy atom. The summed E-state index contributed by atoms with van der Waals surface area (Å²) in [5, 5.41) is 3.17. The Labute approximate surface area is 138 Å². The SMILES string of the molecule is O=C(NCc1ccccc1N1CCCCC1)N1CC2CCC1C2. The van der Waals surface area contributed by atoms with E-state index in [0.717, 1.165) is 25.6 Å². The second kappa shape index (κ2) is 6.42. The largest absolute Gasteiger partial charge is 0.371 e. The first-order valence-electron chi connectivity index (χ1n) is 9.18. The third-order valence-electron chi connectivity index (χ3n) is 5.79. The quantitative estimate of drug-likeness (QED) is 0.928. The highest BCUT2D eigenvalue weighted by molar-refractivity contribution is 5.75. The predicted molar refractivity (Wildman–Crippen MR) is 92.6 cm³/mol. The Bertz CT molecular complexity index is 567. The molecule has 1 N–H and O–H groups in total. The fraction of sp³-hybridized carbons (Fsp3) is 0.632. The number of nitrogens with one attached hydrogen (secondary N) is 1. The average molecular weight is 313 g/mol. The maximum Gasteiger partial charge on any atom is 0.317 e. The van der Waals surface area contributed by atoms with Crippen LogP contribution < -0.4 is 10.2 Å². The zero-order valence-electron chi connectivity index (χ0n) is 13.8. The van der Waals surface area contributed by atoms with Crippen molar-refractivity contribution in [2.24, 2.45) is 5.92 Å². The smallest absolute Gasteiger partial charge is 0.317 e. The lowest BCUT2D eigenvalue weighted by Crippen LogP contribution is -2.44. The molecule has 0 spiro atoms. The molecule has 1 aromatic rings. The van der Waals surface area contributed by atoms with Gasteiger partial charge in [-0.25, -0.2) is 4.79 Å². The number of nitrogens with zero attached hydrogens (tertiary/aromatic N) is 2. The number of urea groups is 1. The third kappa shape index (κ3) is 3.04. The summed E-state index contributed by atoms with van der Waals surface area (Å²) >= 11 is 0. The molecule has 4 heteroatoms. The Kier molecular flexibility index (Phi) is 4.15. The van der Waals surface area contributed by atoms with Crippen LogP contribution in [-0.4, -0.2) is 36.6 Å². The van der Waals surface area contributed by atoms with Crippen LogP contribution in [0.5, 0.6) is 0 Å². The molecule has 0 aromatic heterocycles. The van der Waals surface area contributed by atoms with Crippen LogP contribution in [0, 0.1) is 5.92 Å². The van der Waals surface area contributed by atoms with Crippen LogP contribution in [0.15, 0.2) is 24.3 Å². The Hall–Kier alpha value is -1.71. The van der Waals surface area contributed by atoms with E-state index < -0.39 is 0 Å². The second-order valence-electron chi connectivity index (χ2n) is 7.32. The molecule has 124 valence electrons. The Balaban J connectivity index is 1.40. The van der Waals surface area contributed by atoms with Crippen LogP contribution in [0.2, 0.25) is 0 Å². The first-order valence-corrected chi connectivity index (χ1v) is 9.18. The molecule has 3 aliphatic rings. The highest BCUT2D eigenvalue weighted by Gasteiger charge is 2.40. The first kappa shape index (κ1) is 14.9. The molecular formula is C19H27N3O. The Morgan fingerprint density at radius 3 is 2.70 bits per heavy atom. The third-order valence-corrected chi connectivity index (χ3v) is 5.79. The first-order chi connectivity index (χ1) is 11.3. The van der Waals surface area contributed by atoms with Crippen molar-refractivity contribution in [3.8, 4) is 0 Å². The van der Waals surface area contributed by atoms with Crippen molar-refractivity contribution in [2.75, 3.05) is 24.5 Å². The second-order valence-corrected chi connectivity index (χ2v) is 7.32. The summed E-state index contributed by atoms with van der Waals surface area (Å²) in [6.07, 6.45) is 7.62. The minimum atomic E-state index is 0.130. The number of fused-ring (bicyclic) bond motifs is 2. The molecule has 1 aromatic carbocycles. The lowest BCUT2D eigenvalue weighted by Gasteiger charge is -2.31. The molecule has 3 fully saturated rings. The summed E-state index contributed by atoms with van der Waals surface area (Å²) in [5.41, 5.74) is 2.54. The van der Waals surface area contributed by atoms with Gasteiger partial charge in [-0.3, -0.25) is 0 Å². The van der Waals surface area contributed by atoms with Gasteiger partial charge in [0.25, 0.3) is 0 Å². The minimum absolute atomic E-state index is 0.130. The monoisotopic (exact) mass is 313 g/mol. The van der Waals surface area contributed by atoms with Crippen molar-refractivity contribution in [3.05, 3.63) is 29.8 Å². The van der Waals surface area contributed by atoms with Crippen LogP contribution in [0.4, 0.5) is 10.5 Å². The van der Waals surface area contributed by atoms with Crippen LogP contribution in [0.3, 0.4) is 0 Å². The molecule has 2 amide bonds. The van der Waals surface area contributed by atoms with E-state index in [1.54, 1.807) is 0 Å². The van der Waals surface area contributed by atoms with Gasteiger partial charge in [-0.1, -0.05) is 18.2 Å². The molecule has 2 atom stereocenters. The Morgan fingerprint density at radius 2 is 1.96 bits per heavy atom. The molecule has 4 nitrogen and oxygen atoms in total. The highest BCUT2D eigenvalue weighted by Crippen LogP contribution is 2.37. The van der Waals surface area contributed by atoms with Gasteiger partial charge < -0.3 is 15.1 Å². The maximum atomic E-state index is 12.5. The summed E-state index contributed by atoms with van der Waals surface area (Å²) in [4.78, 5) is 17.0. The number of carbonyl (C=O) groups is 1. The predicted octanol–water partition coefficient (Wildman–Crippen LogP) is 3.37. The van der Waals surface area contributed by atoms with Gasteiger partial charge in [0.15, 0.2) is 0 Å². The maximum absolute atomic E-state index is 12.5. The van der Waals surface area contributed by atoms with Crippen LogP contribution in [0.25, 0.3) is 0 Å². The van der Waals surface area contributed by atoms with E-state index in [0.29, 0.717) is 12.6 Å². The number of rotatable bonds is 3. The summed E-state index contributed by atoms with van der Waals surface area (Å²) in [5.74, 6) is 0.756. The summed E-state index contributed by atoms with van der Waals surface area (Å²) in [6, 6.07) is 9.16. The van der Waals surface area contributed by atoms with Gasteiger partial charge in [-0.15, -0.1) is 0 Å². The number of para-hydroxylation sites is 1. The van der Waals surface area contributed by atoms with Gasteiger partial charge in [-0.05, 0) is 56.1 Å². The number of hydrogen-bond donors (Lipinski definition) is 1. The molecular weight excluding hydrogens is 286 g/mol. The van der Waals surface area contributed by atoms with Crippen molar-refractivity contribution in [1.29, 1.82) is 0 Å². The molecule has 23 heavy (non-hydrogen) atoms. The van der Waals surface area contributed by atoms with Crippen LogP contribution in [-0.2, 0) is 6.54 Å². The summed E-state index contributed by atoms with van der Waals surface area (Å²) < 4.78 is 0. The van der Waals surface area contributed by atoms with E-state index in [1.807, 2.05) is 0 Å². The zero-order valence-corrected chi connectivity index (χ0v) is 13.8. The molecule has 2 heterocycles. The van der Waals surface area contributed by atoms with Gasteiger partial charge in [0.2, 0.25) is 0 Å². The standard InChI is InChI=1S/C19H27N3O/c23-19(22-14-15-8-9-17(22)12-15)20-13-16-6-2-3-7-18(16)21-10-4-1-5-11-21/h2-3,6-7,15,17H,1,4-5,8-14H2,(H,20,23). The summed E-state index contributed by atoms with van der Waals surface area (Å²) in [6.45, 7) is 3.88. The molecule has 0 radical (unpaired) electrons. The molecule has 2 saturated heterocycles. The van der Waals surface area contributed by atoms with Crippen molar-refractivity contribution in [3.63, 3.8) is 0 Å². The number of piperidine rings is 2. The summed E-state index contributed by atoms with van der Waals surface area (Å²) in [7, 11) is 0. The van der Waals surface area contributed by atoms with E-state index in [9.17, 15) is 4.79 Å². The number of likely N-dealkylation sites (tertiary alicyclic amines) is 1. The van der Waals surface area contributed by atoms with Gasteiger partial charge in [0, 0.05) is 37.9 Å². The van der Waals surface area contributed by atoms with Gasteiger partial charge in [-0.2, -0.15) is 0 Å². The fourth-order valence-corrected chi connectivity index (χ4v) is 4.55. The number of anilines is 1. The molecule has 4 rings (SSSR count). The fourth-order valence-electron chi connectivity index (χ4n) is 4.55. The van der Waals surface area contributed by atoms with E-state index in [-0.39, 0.29) is 6.03 Å².